The molecule has 0 aromatic heterocycles. The van der Waals surface area contributed by atoms with Crippen molar-refractivity contribution >= 4 is 5.69 Å². The fourth-order valence-corrected chi connectivity index (χ4v) is 4.34. The number of benzene rings is 2. The molecule has 186 valence electrons. The van der Waals surface area contributed by atoms with Gasteiger partial charge >= 0.3 is 0 Å². The van der Waals surface area contributed by atoms with E-state index in [-0.39, 0.29) is 0 Å². The maximum atomic E-state index is 4.18. The molecule has 2 nitrogen and oxygen atoms in total. The maximum absolute atomic E-state index is 4.18. The number of piperidine rings is 1. The number of aryl methyl sites for hydroxylation is 2. The number of nitrogens with zero attached hydrogens (tertiary/aromatic N) is 1. The molecule has 0 atom stereocenters. The van der Waals surface area contributed by atoms with Gasteiger partial charge in [0, 0.05) is 11.4 Å². The van der Waals surface area contributed by atoms with E-state index in [1.807, 2.05) is 6.08 Å². The minimum Gasteiger partial charge on any atom is -0.359 e. The molecule has 0 radical (unpaired) electrons. The van der Waals surface area contributed by atoms with Gasteiger partial charge in [0.25, 0.3) is 0 Å². The van der Waals surface area contributed by atoms with Crippen LogP contribution in [-0.4, -0.2) is 25.0 Å². The third kappa shape index (κ3) is 12.2. The van der Waals surface area contributed by atoms with Crippen molar-refractivity contribution in [3.63, 3.8) is 0 Å². The van der Waals surface area contributed by atoms with E-state index < -0.39 is 0 Å². The highest BCUT2D eigenvalue weighted by atomic mass is 15.1. The first kappa shape index (κ1) is 27.9. The normalized spacial score (nSPS) is 14.7. The lowest BCUT2D eigenvalue weighted by atomic mass is 9.91. The Morgan fingerprint density at radius 2 is 1.59 bits per heavy atom. The van der Waals surface area contributed by atoms with Crippen molar-refractivity contribution in [3.8, 4) is 0 Å². The van der Waals surface area contributed by atoms with Gasteiger partial charge in [0.2, 0.25) is 0 Å². The molecule has 0 unspecified atom stereocenters. The van der Waals surface area contributed by atoms with E-state index in [0.717, 1.165) is 36.6 Å². The van der Waals surface area contributed by atoms with Crippen molar-refractivity contribution in [1.29, 1.82) is 0 Å². The van der Waals surface area contributed by atoms with Gasteiger partial charge in [0.1, 0.15) is 0 Å². The molecule has 2 heteroatoms. The number of hydrogen-bond donors (Lipinski definition) is 1. The summed E-state index contributed by atoms with van der Waals surface area (Å²) in [4.78, 5) is 2.45. The van der Waals surface area contributed by atoms with Gasteiger partial charge in [-0.2, -0.15) is 0 Å². The second-order valence-corrected chi connectivity index (χ2v) is 11.1. The van der Waals surface area contributed by atoms with Crippen LogP contribution in [0.2, 0.25) is 0 Å². The number of rotatable bonds is 10. The van der Waals surface area contributed by atoms with Gasteiger partial charge in [-0.05, 0) is 99.7 Å². The van der Waals surface area contributed by atoms with E-state index in [1.54, 1.807) is 0 Å². The first-order valence-corrected chi connectivity index (χ1v) is 13.1. The molecule has 0 bridgehead atoms. The lowest BCUT2D eigenvalue weighted by Gasteiger charge is -2.28. The lowest BCUT2D eigenvalue weighted by molar-refractivity contribution is 0.210. The van der Waals surface area contributed by atoms with E-state index in [1.165, 1.54) is 56.3 Å². The average molecular weight is 461 g/mol. The molecular formula is C32H48N2. The van der Waals surface area contributed by atoms with Gasteiger partial charge in [0.05, 0.1) is 0 Å². The van der Waals surface area contributed by atoms with Crippen molar-refractivity contribution in [2.75, 3.05) is 25.5 Å². The Hall–Kier alpha value is -2.32. The Kier molecular flexibility index (Phi) is 12.2. The Morgan fingerprint density at radius 1 is 0.971 bits per heavy atom. The summed E-state index contributed by atoms with van der Waals surface area (Å²) in [5, 5.41) is 3.45. The predicted octanol–water partition coefficient (Wildman–Crippen LogP) is 8.52. The molecule has 1 saturated heterocycles. The van der Waals surface area contributed by atoms with Crippen LogP contribution in [0.3, 0.4) is 0 Å². The van der Waals surface area contributed by atoms with Crippen molar-refractivity contribution < 1.29 is 0 Å². The number of allylic oxidation sites excluding steroid dienone is 2. The Bertz CT molecular complexity index is 822. The minimum absolute atomic E-state index is 0.432. The number of likely N-dealkylation sites (tertiary alicyclic amines) is 1. The molecule has 1 aliphatic heterocycles. The molecule has 0 aliphatic carbocycles. The average Bonchev–Trinajstić information content (AvgIpc) is 2.80. The SMILES string of the molecule is C=C(CCc1ccccc1)Nc1ccc(CCCC2CCN(C)CC2)cc1.C=CCC(C)(C)C. The summed E-state index contributed by atoms with van der Waals surface area (Å²) in [5.74, 6) is 0.940. The Balaban J connectivity index is 0.000000509. The fraction of sp³-hybridized carbons (Fsp3) is 0.500. The van der Waals surface area contributed by atoms with E-state index >= 15 is 0 Å². The van der Waals surface area contributed by atoms with E-state index in [0.29, 0.717) is 5.41 Å². The standard InChI is InChI=1S/C25H34N2.C7H14/c1-21(11-12-22-7-4-3-5-8-22)26-25-15-13-23(14-16-25)9-6-10-24-17-19-27(2)20-18-24;1-5-6-7(2,3)4/h3-5,7-8,13-16,24,26H,1,6,9-12,17-20H2,2H3;5H,1,6H2,2-4H3. The minimum atomic E-state index is 0.432. The summed E-state index contributed by atoms with van der Waals surface area (Å²) in [6.45, 7) is 17.0. The van der Waals surface area contributed by atoms with E-state index in [9.17, 15) is 0 Å². The fourth-order valence-electron chi connectivity index (χ4n) is 4.34. The van der Waals surface area contributed by atoms with Gasteiger partial charge in [-0.15, -0.1) is 6.58 Å². The van der Waals surface area contributed by atoms with Crippen LogP contribution < -0.4 is 5.32 Å². The van der Waals surface area contributed by atoms with Crippen LogP contribution in [0.4, 0.5) is 5.69 Å². The number of nitrogens with one attached hydrogen (secondary N) is 1. The van der Waals surface area contributed by atoms with Crippen LogP contribution in [0.5, 0.6) is 0 Å². The molecule has 0 saturated carbocycles. The zero-order valence-corrected chi connectivity index (χ0v) is 22.3. The van der Waals surface area contributed by atoms with Crippen molar-refractivity contribution in [2.45, 2.75) is 72.1 Å². The maximum Gasteiger partial charge on any atom is 0.0381 e. The zero-order chi connectivity index (χ0) is 24.8. The van der Waals surface area contributed by atoms with Gasteiger partial charge in [-0.25, -0.2) is 0 Å². The lowest BCUT2D eigenvalue weighted by Crippen LogP contribution is -2.30. The van der Waals surface area contributed by atoms with Gasteiger partial charge in [0.15, 0.2) is 0 Å². The second kappa shape index (κ2) is 14.8. The Labute approximate surface area is 210 Å². The summed E-state index contributed by atoms with van der Waals surface area (Å²) in [6.07, 6.45) is 11.7. The highest BCUT2D eigenvalue weighted by molar-refractivity contribution is 5.48. The summed E-state index contributed by atoms with van der Waals surface area (Å²) in [7, 11) is 2.24. The van der Waals surface area contributed by atoms with Crippen LogP contribution in [0.1, 0.15) is 70.4 Å². The van der Waals surface area contributed by atoms with Crippen molar-refractivity contribution in [1.82, 2.24) is 4.90 Å². The van der Waals surface area contributed by atoms with Gasteiger partial charge in [-0.3, -0.25) is 0 Å². The summed E-state index contributed by atoms with van der Waals surface area (Å²) in [5.41, 5.74) is 5.46. The largest absolute Gasteiger partial charge is 0.359 e. The van der Waals surface area contributed by atoms with Crippen LogP contribution in [0.15, 0.2) is 79.5 Å². The van der Waals surface area contributed by atoms with Crippen LogP contribution >= 0.6 is 0 Å². The van der Waals surface area contributed by atoms with Crippen molar-refractivity contribution in [2.24, 2.45) is 11.3 Å². The molecule has 1 heterocycles. The molecule has 34 heavy (non-hydrogen) atoms. The molecular weight excluding hydrogens is 412 g/mol. The van der Waals surface area contributed by atoms with Crippen LogP contribution in [0, 0.1) is 11.3 Å². The molecule has 2 aromatic carbocycles. The van der Waals surface area contributed by atoms with Gasteiger partial charge < -0.3 is 10.2 Å². The summed E-state index contributed by atoms with van der Waals surface area (Å²) >= 11 is 0. The molecule has 3 rings (SSSR count). The smallest absolute Gasteiger partial charge is 0.0381 e. The molecule has 1 N–H and O–H groups in total. The molecule has 2 aromatic rings. The van der Waals surface area contributed by atoms with Crippen LogP contribution in [0.25, 0.3) is 0 Å². The number of anilines is 1. The molecule has 1 fully saturated rings. The first-order chi connectivity index (χ1) is 16.2. The zero-order valence-electron chi connectivity index (χ0n) is 22.3. The molecule has 0 spiro atoms. The quantitative estimate of drug-likeness (QED) is 0.357. The van der Waals surface area contributed by atoms with Crippen molar-refractivity contribution in [3.05, 3.63) is 90.7 Å². The third-order valence-electron chi connectivity index (χ3n) is 6.51. The highest BCUT2D eigenvalue weighted by Crippen LogP contribution is 2.23. The number of hydrogen-bond acceptors (Lipinski definition) is 2. The predicted molar refractivity (Wildman–Crippen MR) is 151 cm³/mol. The second-order valence-electron chi connectivity index (χ2n) is 11.1. The monoisotopic (exact) mass is 460 g/mol. The first-order valence-electron chi connectivity index (χ1n) is 13.1. The third-order valence-corrected chi connectivity index (χ3v) is 6.51. The van der Waals surface area contributed by atoms with Crippen LogP contribution in [-0.2, 0) is 12.8 Å². The highest BCUT2D eigenvalue weighted by Gasteiger charge is 2.15. The molecule has 1 aliphatic rings. The molecule has 0 amide bonds. The summed E-state index contributed by atoms with van der Waals surface area (Å²) in [6, 6.07) is 19.5. The van der Waals surface area contributed by atoms with E-state index in [4.69, 9.17) is 0 Å². The van der Waals surface area contributed by atoms with E-state index in [2.05, 4.69) is 106 Å². The summed E-state index contributed by atoms with van der Waals surface area (Å²) < 4.78 is 0. The van der Waals surface area contributed by atoms with Gasteiger partial charge in [-0.1, -0.05) is 82.3 Å². The Morgan fingerprint density at radius 3 is 2.15 bits per heavy atom. The topological polar surface area (TPSA) is 15.3 Å².